The first-order valence-electron chi connectivity index (χ1n) is 13.7. The minimum absolute atomic E-state index is 0.0426. The van der Waals surface area contributed by atoms with Crippen molar-refractivity contribution in [1.82, 2.24) is 21.3 Å². The van der Waals surface area contributed by atoms with Crippen LogP contribution in [-0.4, -0.2) is 142 Å². The molecule has 0 aromatic rings. The van der Waals surface area contributed by atoms with E-state index in [1.165, 1.54) is 0 Å². The van der Waals surface area contributed by atoms with Gasteiger partial charge in [0.2, 0.25) is 29.5 Å². The van der Waals surface area contributed by atoms with E-state index in [1.54, 1.807) is 0 Å². The average Bonchev–Trinajstić information content (AvgIpc) is 2.97. The molecular formula is C25H42N6O14. The highest BCUT2D eigenvalue weighted by molar-refractivity contribution is 5.94. The van der Waals surface area contributed by atoms with Gasteiger partial charge in [-0.1, -0.05) is 0 Å². The number of nitrogens with two attached hydrogens (primary N) is 2. The Morgan fingerprint density at radius 2 is 1.16 bits per heavy atom. The topological polar surface area (TPSA) is 314 Å². The second-order valence-electron chi connectivity index (χ2n) is 9.11. The van der Waals surface area contributed by atoms with Gasteiger partial charge in [-0.2, -0.15) is 0 Å². The van der Waals surface area contributed by atoms with Crippen molar-refractivity contribution in [3.8, 4) is 0 Å². The molecule has 0 heterocycles. The predicted octanol–water partition coefficient (Wildman–Crippen LogP) is -5.00. The number of amides is 5. The number of hydrogen-bond donors (Lipinski definition) is 8. The molecule has 3 atom stereocenters. The van der Waals surface area contributed by atoms with E-state index in [0.717, 1.165) is 0 Å². The van der Waals surface area contributed by atoms with Gasteiger partial charge < -0.3 is 66.7 Å². The van der Waals surface area contributed by atoms with Crippen LogP contribution in [0.2, 0.25) is 0 Å². The molecule has 1 unspecified atom stereocenters. The summed E-state index contributed by atoms with van der Waals surface area (Å²) in [6.07, 6.45) is -0.999. The van der Waals surface area contributed by atoms with E-state index >= 15 is 0 Å². The van der Waals surface area contributed by atoms with Gasteiger partial charge in [0.05, 0.1) is 78.3 Å². The Bertz CT molecular complexity index is 982. The summed E-state index contributed by atoms with van der Waals surface area (Å²) >= 11 is 0. The highest BCUT2D eigenvalue weighted by Gasteiger charge is 2.26. The molecule has 256 valence electrons. The summed E-state index contributed by atoms with van der Waals surface area (Å²) < 4.78 is 21.1. The maximum atomic E-state index is 12.2. The van der Waals surface area contributed by atoms with Crippen LogP contribution < -0.4 is 32.7 Å². The number of carboxylic acid groups (broad SMARTS) is 2. The van der Waals surface area contributed by atoms with Gasteiger partial charge in [0.25, 0.3) is 0 Å². The maximum absolute atomic E-state index is 12.2. The van der Waals surface area contributed by atoms with E-state index in [1.807, 2.05) is 0 Å². The summed E-state index contributed by atoms with van der Waals surface area (Å²) in [7, 11) is 0. The first-order valence-corrected chi connectivity index (χ1v) is 13.7. The number of carbonyl (C=O) groups is 8. The highest BCUT2D eigenvalue weighted by atomic mass is 16.6. The molecule has 0 spiro atoms. The van der Waals surface area contributed by atoms with E-state index in [4.69, 9.17) is 40.6 Å². The lowest BCUT2D eigenvalue weighted by Gasteiger charge is -2.19. The lowest BCUT2D eigenvalue weighted by Crippen LogP contribution is -2.55. The number of aliphatic carboxylic acids is 2. The molecule has 0 aliphatic carbocycles. The fraction of sp³-hybridized carbons (Fsp3) is 0.680. The normalized spacial score (nSPS) is 12.6. The first kappa shape index (κ1) is 40.8. The van der Waals surface area contributed by atoms with Crippen LogP contribution in [-0.2, 0) is 57.3 Å². The molecule has 45 heavy (non-hydrogen) atoms. The van der Waals surface area contributed by atoms with Gasteiger partial charge in [0, 0.05) is 19.4 Å². The quantitative estimate of drug-likeness (QED) is 0.0290. The molecule has 20 heteroatoms. The fourth-order valence-corrected chi connectivity index (χ4v) is 3.06. The third-order valence-corrected chi connectivity index (χ3v) is 5.27. The number of carboxylic acids is 2. The summed E-state index contributed by atoms with van der Waals surface area (Å²) in [6, 6.07) is -3.89. The Labute approximate surface area is 258 Å². The van der Waals surface area contributed by atoms with Gasteiger partial charge >= 0.3 is 11.9 Å². The summed E-state index contributed by atoms with van der Waals surface area (Å²) in [5.74, 6) is -6.27. The summed E-state index contributed by atoms with van der Waals surface area (Å²) in [6.45, 7) is 0.688. The van der Waals surface area contributed by atoms with Crippen molar-refractivity contribution in [2.45, 2.75) is 43.8 Å². The smallest absolute Gasteiger partial charge is 0.305 e. The summed E-state index contributed by atoms with van der Waals surface area (Å²) in [5.41, 5.74) is 10.6. The fourth-order valence-electron chi connectivity index (χ4n) is 3.06. The molecule has 5 amide bonds. The number of rotatable bonds is 28. The minimum atomic E-state index is -1.51. The molecule has 0 rings (SSSR count). The molecular weight excluding hydrogens is 608 g/mol. The van der Waals surface area contributed by atoms with E-state index in [2.05, 4.69) is 21.3 Å². The molecule has 0 radical (unpaired) electrons. The molecule has 0 aromatic carbocycles. The number of carbonyl (C=O) groups excluding carboxylic acids is 6. The Hall–Kier alpha value is -4.24. The van der Waals surface area contributed by atoms with Crippen LogP contribution in [0.3, 0.4) is 0 Å². The third-order valence-electron chi connectivity index (χ3n) is 5.27. The van der Waals surface area contributed by atoms with Crippen LogP contribution in [0, 0.1) is 0 Å². The van der Waals surface area contributed by atoms with Crippen LogP contribution >= 0.6 is 0 Å². The minimum Gasteiger partial charge on any atom is -0.481 e. The Morgan fingerprint density at radius 1 is 0.667 bits per heavy atom. The van der Waals surface area contributed by atoms with Crippen molar-refractivity contribution in [3.63, 3.8) is 0 Å². The van der Waals surface area contributed by atoms with Crippen molar-refractivity contribution in [2.75, 3.05) is 65.9 Å². The van der Waals surface area contributed by atoms with Crippen LogP contribution in [0.25, 0.3) is 0 Å². The number of aldehydes is 1. The Balaban J connectivity index is 3.84. The Morgan fingerprint density at radius 3 is 1.62 bits per heavy atom. The van der Waals surface area contributed by atoms with Gasteiger partial charge in [-0.25, -0.2) is 0 Å². The van der Waals surface area contributed by atoms with E-state index in [-0.39, 0.29) is 72.2 Å². The molecule has 0 bridgehead atoms. The van der Waals surface area contributed by atoms with Gasteiger partial charge in [-0.15, -0.1) is 0 Å². The van der Waals surface area contributed by atoms with Crippen LogP contribution in [0.4, 0.5) is 0 Å². The van der Waals surface area contributed by atoms with Crippen molar-refractivity contribution in [1.29, 1.82) is 0 Å². The standard InChI is InChI=1S/C25H42N6O14/c26-17(24(40)31-18(12-23(38)39)25(41)29-14-19(27)33)13-28-20(34)1-3-42-5-7-44-9-10-45-8-6-43-4-2-21(35)30-16(15-32)11-22(36)37/h15-18H,1-14,26H2,(H2,27,33)(H,28,34)(H,29,41)(H,30,35)(H,31,40)(H,36,37)(H,38,39)/t16-,17-,18?/m0/s1. The van der Waals surface area contributed by atoms with Crippen molar-refractivity contribution in [2.24, 2.45) is 11.5 Å². The zero-order chi connectivity index (χ0) is 34.0. The zero-order valence-electron chi connectivity index (χ0n) is 24.7. The first-order chi connectivity index (χ1) is 21.3. The zero-order valence-corrected chi connectivity index (χ0v) is 24.7. The molecule has 0 aromatic heterocycles. The molecule has 0 fully saturated rings. The number of ether oxygens (including phenoxy) is 4. The average molecular weight is 651 g/mol. The van der Waals surface area contributed by atoms with E-state index in [9.17, 15) is 38.4 Å². The largest absolute Gasteiger partial charge is 0.481 e. The van der Waals surface area contributed by atoms with Crippen molar-refractivity contribution in [3.05, 3.63) is 0 Å². The molecule has 0 saturated heterocycles. The SMILES string of the molecule is NC(=O)CNC(=O)C(CC(=O)O)NC(=O)[C@@H](N)CNC(=O)CCOCCOCCOCCOCCC(=O)N[C@H](C=O)CC(=O)O. The summed E-state index contributed by atoms with van der Waals surface area (Å²) in [4.78, 5) is 90.9. The van der Waals surface area contributed by atoms with Crippen molar-refractivity contribution < 1.29 is 67.5 Å². The predicted molar refractivity (Wildman–Crippen MR) is 150 cm³/mol. The second-order valence-corrected chi connectivity index (χ2v) is 9.11. The van der Waals surface area contributed by atoms with Gasteiger partial charge in [-0.3, -0.25) is 33.6 Å². The number of nitrogens with one attached hydrogen (secondary N) is 4. The highest BCUT2D eigenvalue weighted by Crippen LogP contribution is 1.95. The third kappa shape index (κ3) is 23.8. The van der Waals surface area contributed by atoms with E-state index < -0.39 is 79.0 Å². The van der Waals surface area contributed by atoms with Crippen LogP contribution in [0.5, 0.6) is 0 Å². The monoisotopic (exact) mass is 650 g/mol. The molecule has 10 N–H and O–H groups in total. The lowest BCUT2D eigenvalue weighted by molar-refractivity contribution is -0.141. The Kier molecular flexibility index (Phi) is 22.8. The van der Waals surface area contributed by atoms with E-state index in [0.29, 0.717) is 6.29 Å². The maximum Gasteiger partial charge on any atom is 0.305 e. The molecule has 0 aliphatic heterocycles. The number of hydrogen-bond acceptors (Lipinski definition) is 13. The van der Waals surface area contributed by atoms with Crippen LogP contribution in [0.1, 0.15) is 25.7 Å². The van der Waals surface area contributed by atoms with Gasteiger partial charge in [0.15, 0.2) is 0 Å². The second kappa shape index (κ2) is 25.1. The van der Waals surface area contributed by atoms with Gasteiger partial charge in [-0.05, 0) is 0 Å². The van der Waals surface area contributed by atoms with Crippen LogP contribution in [0.15, 0.2) is 0 Å². The van der Waals surface area contributed by atoms with Crippen molar-refractivity contribution >= 4 is 47.8 Å². The summed E-state index contributed by atoms with van der Waals surface area (Å²) in [5, 5.41) is 26.5. The van der Waals surface area contributed by atoms with Gasteiger partial charge in [0.1, 0.15) is 18.4 Å². The molecule has 20 nitrogen and oxygen atoms in total. The number of primary amides is 1. The lowest BCUT2D eigenvalue weighted by atomic mass is 10.1. The molecule has 0 saturated carbocycles. The molecule has 0 aliphatic rings.